The van der Waals surface area contributed by atoms with Crippen LogP contribution in [0.5, 0.6) is 0 Å². The van der Waals surface area contributed by atoms with E-state index < -0.39 is 0 Å². The highest BCUT2D eigenvalue weighted by Gasteiger charge is 2.54. The molecule has 4 saturated carbocycles. The average molecular weight is 409 g/mol. The molecule has 2 nitrogen and oxygen atoms in total. The number of hydrogen-bond donors (Lipinski definition) is 1. The molecule has 0 aromatic heterocycles. The van der Waals surface area contributed by atoms with Crippen molar-refractivity contribution < 1.29 is 4.79 Å². The summed E-state index contributed by atoms with van der Waals surface area (Å²) >= 11 is 2.32. The van der Waals surface area contributed by atoms with Crippen LogP contribution in [0.25, 0.3) is 0 Å². The zero-order valence-electron chi connectivity index (χ0n) is 13.1. The lowest BCUT2D eigenvalue weighted by Gasteiger charge is -2.55. The highest BCUT2D eigenvalue weighted by atomic mass is 127. The van der Waals surface area contributed by atoms with E-state index in [1.807, 2.05) is 0 Å². The van der Waals surface area contributed by atoms with Crippen molar-refractivity contribution >= 4 is 28.5 Å². The normalized spacial score (nSPS) is 37.1. The topological polar surface area (TPSA) is 29.1 Å². The van der Waals surface area contributed by atoms with Crippen LogP contribution in [0.15, 0.2) is 24.3 Å². The monoisotopic (exact) mass is 409 g/mol. The van der Waals surface area contributed by atoms with E-state index in [1.54, 1.807) is 0 Å². The molecule has 1 atom stereocenters. The minimum absolute atomic E-state index is 0.0355. The molecule has 1 N–H and O–H groups in total. The van der Waals surface area contributed by atoms with Crippen molar-refractivity contribution in [3.05, 3.63) is 33.4 Å². The molecule has 0 unspecified atom stereocenters. The van der Waals surface area contributed by atoms with Crippen molar-refractivity contribution in [2.45, 2.75) is 51.5 Å². The molecule has 0 saturated heterocycles. The van der Waals surface area contributed by atoms with Gasteiger partial charge in [0.2, 0.25) is 5.91 Å². The van der Waals surface area contributed by atoms with Crippen LogP contribution in [0, 0.1) is 26.7 Å². The molecule has 1 amide bonds. The maximum atomic E-state index is 13.0. The Morgan fingerprint density at radius 1 is 1.09 bits per heavy atom. The minimum Gasteiger partial charge on any atom is -0.349 e. The Hall–Kier alpha value is -0.580. The number of rotatable bonds is 3. The van der Waals surface area contributed by atoms with Gasteiger partial charge in [-0.2, -0.15) is 0 Å². The fourth-order valence-electron chi connectivity index (χ4n) is 5.57. The summed E-state index contributed by atoms with van der Waals surface area (Å²) < 4.78 is 1.24. The Kier molecular flexibility index (Phi) is 3.74. The predicted molar refractivity (Wildman–Crippen MR) is 96.3 cm³/mol. The fraction of sp³-hybridized carbons (Fsp3) is 0.632. The molecule has 118 valence electrons. The molecule has 22 heavy (non-hydrogen) atoms. The summed E-state index contributed by atoms with van der Waals surface area (Å²) in [7, 11) is 0. The van der Waals surface area contributed by atoms with Crippen LogP contribution in [0.3, 0.4) is 0 Å². The number of halogens is 1. The van der Waals surface area contributed by atoms with E-state index in [2.05, 4.69) is 59.1 Å². The van der Waals surface area contributed by atoms with Crippen LogP contribution in [0.4, 0.5) is 0 Å². The smallest absolute Gasteiger partial charge is 0.226 e. The van der Waals surface area contributed by atoms with Gasteiger partial charge in [0.1, 0.15) is 0 Å². The third-order valence-corrected chi connectivity index (χ3v) is 6.96. The SMILES string of the molecule is C[C@H](NC(=O)C12CC3CC(CC(C3)C1)C2)c1ccc(I)cc1. The van der Waals surface area contributed by atoms with Crippen molar-refractivity contribution in [1.29, 1.82) is 0 Å². The van der Waals surface area contributed by atoms with E-state index in [1.165, 1.54) is 28.4 Å². The Balaban J connectivity index is 1.49. The first-order valence-electron chi connectivity index (χ1n) is 8.60. The second-order valence-corrected chi connectivity index (χ2v) is 9.19. The van der Waals surface area contributed by atoms with E-state index in [4.69, 9.17) is 0 Å². The van der Waals surface area contributed by atoms with Gasteiger partial charge < -0.3 is 5.32 Å². The second kappa shape index (κ2) is 5.50. The van der Waals surface area contributed by atoms with Gasteiger partial charge in [-0.25, -0.2) is 0 Å². The number of nitrogens with one attached hydrogen (secondary N) is 1. The molecule has 1 aromatic rings. The quantitative estimate of drug-likeness (QED) is 0.722. The highest BCUT2D eigenvalue weighted by molar-refractivity contribution is 14.1. The van der Waals surface area contributed by atoms with E-state index in [0.29, 0.717) is 5.91 Å². The first kappa shape index (κ1) is 15.0. The molecule has 4 aliphatic carbocycles. The average Bonchev–Trinajstić information content (AvgIpc) is 2.46. The highest BCUT2D eigenvalue weighted by Crippen LogP contribution is 2.60. The summed E-state index contributed by atoms with van der Waals surface area (Å²) in [6, 6.07) is 8.60. The van der Waals surface area contributed by atoms with Gasteiger partial charge in [-0.05, 0) is 103 Å². The third-order valence-electron chi connectivity index (χ3n) is 6.24. The number of carbonyl (C=O) groups excluding carboxylic acids is 1. The molecule has 0 spiro atoms. The van der Waals surface area contributed by atoms with Gasteiger partial charge in [0.15, 0.2) is 0 Å². The third kappa shape index (κ3) is 2.59. The standard InChI is InChI=1S/C19H24INO/c1-12(16-2-4-17(20)5-3-16)21-18(22)19-9-13-6-14(10-19)8-15(7-13)11-19/h2-5,12-15H,6-11H2,1H3,(H,21,22)/t12-,13?,14?,15?,19?/m0/s1. The summed E-state index contributed by atoms with van der Waals surface area (Å²) in [5.74, 6) is 2.81. The summed E-state index contributed by atoms with van der Waals surface area (Å²) in [5, 5.41) is 3.33. The minimum atomic E-state index is -0.0355. The van der Waals surface area contributed by atoms with Crippen LogP contribution >= 0.6 is 22.6 Å². The molecule has 5 rings (SSSR count). The molecular formula is C19H24INO. The first-order chi connectivity index (χ1) is 10.5. The summed E-state index contributed by atoms with van der Waals surface area (Å²) in [6.45, 7) is 2.11. The number of hydrogen-bond acceptors (Lipinski definition) is 1. The molecule has 0 heterocycles. The molecule has 0 radical (unpaired) electrons. The van der Waals surface area contributed by atoms with Crippen LogP contribution in [-0.2, 0) is 4.79 Å². The molecule has 4 aliphatic rings. The van der Waals surface area contributed by atoms with Gasteiger partial charge in [0.05, 0.1) is 6.04 Å². The molecule has 0 aliphatic heterocycles. The zero-order valence-corrected chi connectivity index (χ0v) is 15.3. The Bertz CT molecular complexity index is 544. The lowest BCUT2D eigenvalue weighted by molar-refractivity contribution is -0.147. The van der Waals surface area contributed by atoms with Crippen molar-refractivity contribution in [3.63, 3.8) is 0 Å². The molecule has 3 heteroatoms. The molecule has 4 bridgehead atoms. The maximum Gasteiger partial charge on any atom is 0.226 e. The summed E-state index contributed by atoms with van der Waals surface area (Å²) in [5.41, 5.74) is 1.17. The van der Waals surface area contributed by atoms with Gasteiger partial charge in [0.25, 0.3) is 0 Å². The van der Waals surface area contributed by atoms with Gasteiger partial charge in [-0.15, -0.1) is 0 Å². The van der Waals surface area contributed by atoms with Crippen molar-refractivity contribution in [2.75, 3.05) is 0 Å². The van der Waals surface area contributed by atoms with E-state index in [0.717, 1.165) is 37.0 Å². The number of amides is 1. The van der Waals surface area contributed by atoms with E-state index in [9.17, 15) is 4.79 Å². The Labute approximate surface area is 146 Å². The largest absolute Gasteiger partial charge is 0.349 e. The van der Waals surface area contributed by atoms with Crippen molar-refractivity contribution in [3.8, 4) is 0 Å². The molecule has 1 aromatic carbocycles. The molecule has 4 fully saturated rings. The van der Waals surface area contributed by atoms with E-state index in [-0.39, 0.29) is 11.5 Å². The van der Waals surface area contributed by atoms with Gasteiger partial charge in [0, 0.05) is 8.99 Å². The zero-order chi connectivity index (χ0) is 15.3. The summed E-state index contributed by atoms with van der Waals surface area (Å²) in [6.07, 6.45) is 7.59. The van der Waals surface area contributed by atoms with Crippen LogP contribution < -0.4 is 5.32 Å². The van der Waals surface area contributed by atoms with E-state index >= 15 is 0 Å². The van der Waals surface area contributed by atoms with Gasteiger partial charge in [-0.3, -0.25) is 4.79 Å². The van der Waals surface area contributed by atoms with Crippen LogP contribution in [0.2, 0.25) is 0 Å². The van der Waals surface area contributed by atoms with Crippen molar-refractivity contribution in [2.24, 2.45) is 23.2 Å². The number of benzene rings is 1. The first-order valence-corrected chi connectivity index (χ1v) is 9.68. The Morgan fingerprint density at radius 3 is 2.09 bits per heavy atom. The summed E-state index contributed by atoms with van der Waals surface area (Å²) in [4.78, 5) is 13.0. The molecular weight excluding hydrogens is 385 g/mol. The van der Waals surface area contributed by atoms with Crippen molar-refractivity contribution in [1.82, 2.24) is 5.32 Å². The van der Waals surface area contributed by atoms with Crippen LogP contribution in [-0.4, -0.2) is 5.91 Å². The lowest BCUT2D eigenvalue weighted by Crippen LogP contribution is -2.53. The van der Waals surface area contributed by atoms with Gasteiger partial charge >= 0.3 is 0 Å². The number of carbonyl (C=O) groups is 1. The Morgan fingerprint density at radius 2 is 1.59 bits per heavy atom. The predicted octanol–water partition coefficient (Wildman–Crippen LogP) is 4.68. The fourth-order valence-corrected chi connectivity index (χ4v) is 5.93. The van der Waals surface area contributed by atoms with Gasteiger partial charge in [-0.1, -0.05) is 12.1 Å². The maximum absolute atomic E-state index is 13.0. The second-order valence-electron chi connectivity index (χ2n) is 7.94. The van der Waals surface area contributed by atoms with Crippen LogP contribution in [0.1, 0.15) is 57.1 Å². The lowest BCUT2D eigenvalue weighted by atomic mass is 9.49.